The van der Waals surface area contributed by atoms with Crippen LogP contribution in [0, 0.1) is 17.8 Å². The number of rotatable bonds is 51. The second-order valence-electron chi connectivity index (χ2n) is 21.1. The molecule has 0 heterocycles. The molecule has 0 bridgehead atoms. The van der Waals surface area contributed by atoms with Crippen LogP contribution in [0.15, 0.2) is 0 Å². The molecule has 0 aromatic carbocycles. The van der Waals surface area contributed by atoms with Crippen LogP contribution < -0.4 is 0 Å². The molecule has 0 fully saturated rings. The van der Waals surface area contributed by atoms with Crippen LogP contribution in [-0.4, -0.2) is 37.2 Å². The van der Waals surface area contributed by atoms with Gasteiger partial charge in [0.25, 0.3) is 0 Å². The number of esters is 3. The van der Waals surface area contributed by atoms with E-state index in [1.54, 1.807) is 0 Å². The lowest BCUT2D eigenvalue weighted by Gasteiger charge is -2.18. The van der Waals surface area contributed by atoms with E-state index in [1.165, 1.54) is 199 Å². The van der Waals surface area contributed by atoms with E-state index in [0.717, 1.165) is 75.5 Å². The summed E-state index contributed by atoms with van der Waals surface area (Å²) in [5, 5.41) is 0. The van der Waals surface area contributed by atoms with Gasteiger partial charge in [0.15, 0.2) is 6.10 Å². The molecule has 6 heteroatoms. The van der Waals surface area contributed by atoms with E-state index in [4.69, 9.17) is 14.2 Å². The number of ether oxygens (including phenoxy) is 3. The maximum atomic E-state index is 12.8. The lowest BCUT2D eigenvalue weighted by Crippen LogP contribution is -2.30. The van der Waals surface area contributed by atoms with Crippen LogP contribution in [0.1, 0.15) is 318 Å². The molecule has 2 atom stereocenters. The topological polar surface area (TPSA) is 78.9 Å². The van der Waals surface area contributed by atoms with E-state index in [0.29, 0.717) is 19.3 Å². The number of hydrogen-bond donors (Lipinski definition) is 0. The van der Waals surface area contributed by atoms with Crippen molar-refractivity contribution in [3.8, 4) is 0 Å². The maximum Gasteiger partial charge on any atom is 0.306 e. The summed E-state index contributed by atoms with van der Waals surface area (Å²) in [6.45, 7) is 13.8. The van der Waals surface area contributed by atoms with Gasteiger partial charge in [-0.2, -0.15) is 0 Å². The Bertz CT molecular complexity index is 993. The number of carbonyl (C=O) groups is 3. The molecule has 0 aliphatic carbocycles. The quantitative estimate of drug-likeness (QED) is 0.0344. The first-order chi connectivity index (χ1) is 31.1. The number of unbranched alkanes of at least 4 members (excludes halogenated alkanes) is 33. The molecule has 0 saturated heterocycles. The van der Waals surface area contributed by atoms with Crippen molar-refractivity contribution >= 4 is 17.9 Å². The summed E-state index contributed by atoms with van der Waals surface area (Å²) < 4.78 is 16.9. The van der Waals surface area contributed by atoms with E-state index in [1.807, 2.05) is 0 Å². The number of hydrogen-bond acceptors (Lipinski definition) is 6. The van der Waals surface area contributed by atoms with Gasteiger partial charge >= 0.3 is 17.9 Å². The molecule has 0 aromatic heterocycles. The minimum atomic E-state index is -0.764. The largest absolute Gasteiger partial charge is 0.462 e. The van der Waals surface area contributed by atoms with Crippen molar-refractivity contribution in [2.24, 2.45) is 17.8 Å². The molecule has 1 unspecified atom stereocenters. The highest BCUT2D eigenvalue weighted by Crippen LogP contribution is 2.19. The molecular weight excluding hydrogens is 793 g/mol. The molecule has 6 nitrogen and oxygen atoms in total. The fourth-order valence-electron chi connectivity index (χ4n) is 8.79. The van der Waals surface area contributed by atoms with Crippen molar-refractivity contribution in [3.05, 3.63) is 0 Å². The molecule has 0 rings (SSSR count). The Labute approximate surface area is 399 Å². The average Bonchev–Trinajstić information content (AvgIpc) is 3.27. The van der Waals surface area contributed by atoms with Crippen LogP contribution in [0.2, 0.25) is 0 Å². The van der Waals surface area contributed by atoms with Crippen LogP contribution in [-0.2, 0) is 28.6 Å². The molecule has 0 N–H and O–H groups in total. The van der Waals surface area contributed by atoms with E-state index in [2.05, 4.69) is 41.5 Å². The second kappa shape index (κ2) is 49.3. The third-order valence-corrected chi connectivity index (χ3v) is 13.5. The van der Waals surface area contributed by atoms with Gasteiger partial charge in [0.05, 0.1) is 0 Å². The van der Waals surface area contributed by atoms with Gasteiger partial charge in [-0.25, -0.2) is 0 Å². The third kappa shape index (κ3) is 49.8. The summed E-state index contributed by atoms with van der Waals surface area (Å²) in [7, 11) is 0. The summed E-state index contributed by atoms with van der Waals surface area (Å²) in [6.07, 6.45) is 50.8. The predicted octanol–water partition coefficient (Wildman–Crippen LogP) is 18.7. The zero-order valence-electron chi connectivity index (χ0n) is 44.1. The van der Waals surface area contributed by atoms with Gasteiger partial charge in [-0.05, 0) is 37.0 Å². The first-order valence-corrected chi connectivity index (χ1v) is 28.6. The van der Waals surface area contributed by atoms with Crippen molar-refractivity contribution in [3.63, 3.8) is 0 Å². The highest BCUT2D eigenvalue weighted by Gasteiger charge is 2.19. The van der Waals surface area contributed by atoms with Crippen LogP contribution in [0.3, 0.4) is 0 Å². The SMILES string of the molecule is CCC(C)CCCCCCCCCCCCC(=O)OC[C@@H](COC(=O)CCCCCCCCCCCCCCC(C)C)OC(=O)CCCCCCCCCCCCCCCCC(C)C. The number of carbonyl (C=O) groups excluding carboxylic acids is 3. The van der Waals surface area contributed by atoms with Crippen molar-refractivity contribution in [1.29, 1.82) is 0 Å². The van der Waals surface area contributed by atoms with E-state index in [-0.39, 0.29) is 31.1 Å². The Morgan fingerprint density at radius 1 is 0.312 bits per heavy atom. The highest BCUT2D eigenvalue weighted by atomic mass is 16.6. The smallest absolute Gasteiger partial charge is 0.306 e. The summed E-state index contributed by atoms with van der Waals surface area (Å²) in [5.74, 6) is 1.70. The molecule has 0 spiro atoms. The Morgan fingerprint density at radius 2 is 0.547 bits per heavy atom. The molecule has 0 radical (unpaired) electrons. The Hall–Kier alpha value is -1.59. The van der Waals surface area contributed by atoms with Gasteiger partial charge < -0.3 is 14.2 Å². The summed E-state index contributed by atoms with van der Waals surface area (Å²) in [6, 6.07) is 0. The summed E-state index contributed by atoms with van der Waals surface area (Å²) >= 11 is 0. The molecule has 0 aromatic rings. The van der Waals surface area contributed by atoms with Crippen molar-refractivity contribution < 1.29 is 28.6 Å². The monoisotopic (exact) mass is 905 g/mol. The zero-order chi connectivity index (χ0) is 47.0. The predicted molar refractivity (Wildman–Crippen MR) is 275 cm³/mol. The standard InChI is InChI=1S/C58H112O6/c1-7-54(6)46-40-34-28-22-18-19-24-30-36-42-48-57(60)63-51-55(50-62-56(59)47-41-35-29-23-16-13-12-15-21-27-33-39-45-53(4)5)64-58(61)49-43-37-31-25-17-11-9-8-10-14-20-26-32-38-44-52(2)3/h52-55H,7-51H2,1-6H3/t54?,55-/m1/s1. The molecule has 64 heavy (non-hydrogen) atoms. The lowest BCUT2D eigenvalue weighted by molar-refractivity contribution is -0.167. The van der Waals surface area contributed by atoms with Gasteiger partial charge in [-0.15, -0.1) is 0 Å². The molecule has 0 amide bonds. The normalized spacial score (nSPS) is 12.6. The van der Waals surface area contributed by atoms with Gasteiger partial charge in [0.2, 0.25) is 0 Å². The van der Waals surface area contributed by atoms with Crippen molar-refractivity contribution in [2.45, 2.75) is 324 Å². The second-order valence-corrected chi connectivity index (χ2v) is 21.1. The fourth-order valence-corrected chi connectivity index (χ4v) is 8.79. The summed E-state index contributed by atoms with van der Waals surface area (Å²) in [5.41, 5.74) is 0. The first kappa shape index (κ1) is 62.4. The first-order valence-electron chi connectivity index (χ1n) is 28.6. The van der Waals surface area contributed by atoms with Gasteiger partial charge in [-0.3, -0.25) is 14.4 Å². The summed E-state index contributed by atoms with van der Waals surface area (Å²) in [4.78, 5) is 38.1. The minimum Gasteiger partial charge on any atom is -0.462 e. The van der Waals surface area contributed by atoms with E-state index < -0.39 is 6.10 Å². The van der Waals surface area contributed by atoms with Crippen LogP contribution in [0.5, 0.6) is 0 Å². The van der Waals surface area contributed by atoms with Crippen LogP contribution in [0.25, 0.3) is 0 Å². The highest BCUT2D eigenvalue weighted by molar-refractivity contribution is 5.71. The lowest BCUT2D eigenvalue weighted by atomic mass is 9.99. The van der Waals surface area contributed by atoms with Gasteiger partial charge in [0, 0.05) is 19.3 Å². The Morgan fingerprint density at radius 3 is 0.812 bits per heavy atom. The van der Waals surface area contributed by atoms with Gasteiger partial charge in [-0.1, -0.05) is 279 Å². The van der Waals surface area contributed by atoms with Crippen LogP contribution in [0.4, 0.5) is 0 Å². The van der Waals surface area contributed by atoms with Gasteiger partial charge in [0.1, 0.15) is 13.2 Å². The molecular formula is C58H112O6. The molecule has 0 saturated carbocycles. The van der Waals surface area contributed by atoms with E-state index in [9.17, 15) is 14.4 Å². The molecule has 380 valence electrons. The van der Waals surface area contributed by atoms with Crippen molar-refractivity contribution in [1.82, 2.24) is 0 Å². The Balaban J connectivity index is 4.32. The van der Waals surface area contributed by atoms with E-state index >= 15 is 0 Å². The average molecular weight is 906 g/mol. The maximum absolute atomic E-state index is 12.8. The zero-order valence-corrected chi connectivity index (χ0v) is 44.1. The Kier molecular flexibility index (Phi) is 48.1. The third-order valence-electron chi connectivity index (χ3n) is 13.5. The molecule has 0 aliphatic rings. The van der Waals surface area contributed by atoms with Crippen molar-refractivity contribution in [2.75, 3.05) is 13.2 Å². The molecule has 0 aliphatic heterocycles. The fraction of sp³-hybridized carbons (Fsp3) is 0.948. The van der Waals surface area contributed by atoms with Crippen LogP contribution >= 0.6 is 0 Å². The minimum absolute atomic E-state index is 0.0637.